The predicted octanol–water partition coefficient (Wildman–Crippen LogP) is 4.32. The molecule has 17 heteroatoms. The summed E-state index contributed by atoms with van der Waals surface area (Å²) in [5.74, 6) is -0.0270. The lowest BCUT2D eigenvalue weighted by atomic mass is 9.84. The standard InChI is InChI=1S/C27H40F2N8O3.C7H8O3S/c1-17(2)24-33-26(40-34-24)35-9-5-19(6-10-35)18(3)7-11-39-20-12-31-25(32-13-20)36-14-21(30)22(15-36)37-16-27(28,29)8-4-23(37)38;1-6-2-4-7(5-3-6)11(8,9)10/h12-13,17-19,21-22H,4-11,14-16,30H2,1-3H3;2-5H,1H3,(H,8,9,10)/t18-,21+,22+;/m1./s1. The third-order valence-electron chi connectivity index (χ3n) is 9.78. The largest absolute Gasteiger partial charge is 0.490 e. The fourth-order valence-corrected chi connectivity index (χ4v) is 7.04. The van der Waals surface area contributed by atoms with E-state index in [2.05, 4.69) is 45.8 Å². The Morgan fingerprint density at radius 1 is 1.08 bits per heavy atom. The minimum atomic E-state index is -4.02. The van der Waals surface area contributed by atoms with Crippen LogP contribution in [0.4, 0.5) is 20.7 Å². The van der Waals surface area contributed by atoms with Gasteiger partial charge in [-0.25, -0.2) is 18.7 Å². The second-order valence-electron chi connectivity index (χ2n) is 14.0. The highest BCUT2D eigenvalue weighted by Gasteiger charge is 2.46. The third kappa shape index (κ3) is 10.1. The number of piperidine rings is 2. The van der Waals surface area contributed by atoms with Gasteiger partial charge in [0.2, 0.25) is 11.9 Å². The molecule has 0 saturated carbocycles. The highest BCUT2D eigenvalue weighted by molar-refractivity contribution is 7.85. The molecule has 1 amide bonds. The molecule has 0 spiro atoms. The molecule has 0 unspecified atom stereocenters. The fourth-order valence-electron chi connectivity index (χ4n) is 6.56. The number of aryl methyl sites for hydroxylation is 1. The summed E-state index contributed by atoms with van der Waals surface area (Å²) in [6.45, 7) is 10.7. The number of hydrogen-bond acceptors (Lipinski definition) is 12. The van der Waals surface area contributed by atoms with Crippen LogP contribution in [-0.4, -0.2) is 101 Å². The molecule has 5 heterocycles. The Morgan fingerprint density at radius 2 is 1.75 bits per heavy atom. The van der Waals surface area contributed by atoms with Gasteiger partial charge in [-0.1, -0.05) is 43.6 Å². The van der Waals surface area contributed by atoms with Crippen LogP contribution in [0.15, 0.2) is 46.1 Å². The smallest absolute Gasteiger partial charge is 0.324 e. The molecule has 3 fully saturated rings. The molecule has 3 saturated heterocycles. The summed E-state index contributed by atoms with van der Waals surface area (Å²) in [7, 11) is -4.02. The molecule has 3 N–H and O–H groups in total. The maximum absolute atomic E-state index is 13.9. The Morgan fingerprint density at radius 3 is 2.35 bits per heavy atom. The summed E-state index contributed by atoms with van der Waals surface area (Å²) < 4.78 is 68.8. The van der Waals surface area contributed by atoms with E-state index >= 15 is 0 Å². The molecule has 14 nitrogen and oxygen atoms in total. The number of rotatable bonds is 10. The van der Waals surface area contributed by atoms with Crippen LogP contribution in [0.2, 0.25) is 0 Å². The molecule has 3 aliphatic rings. The van der Waals surface area contributed by atoms with E-state index in [0.717, 1.165) is 43.7 Å². The Kier molecular flexibility index (Phi) is 12.1. The number of carbonyl (C=O) groups excluding carboxylic acids is 1. The van der Waals surface area contributed by atoms with Crippen molar-refractivity contribution in [1.29, 1.82) is 0 Å². The first-order valence-corrected chi connectivity index (χ1v) is 18.8. The molecule has 3 aliphatic heterocycles. The van der Waals surface area contributed by atoms with Crippen LogP contribution in [-0.2, 0) is 14.9 Å². The van der Waals surface area contributed by atoms with Crippen LogP contribution in [0, 0.1) is 18.8 Å². The van der Waals surface area contributed by atoms with Gasteiger partial charge in [-0.2, -0.15) is 13.4 Å². The van der Waals surface area contributed by atoms with Gasteiger partial charge in [0.05, 0.1) is 36.5 Å². The second kappa shape index (κ2) is 16.2. The number of hydrogen-bond donors (Lipinski definition) is 2. The van der Waals surface area contributed by atoms with Crippen LogP contribution in [0.1, 0.15) is 70.2 Å². The summed E-state index contributed by atoms with van der Waals surface area (Å²) in [5.41, 5.74) is 7.20. The van der Waals surface area contributed by atoms with Crippen molar-refractivity contribution in [2.45, 2.75) is 88.6 Å². The predicted molar refractivity (Wildman–Crippen MR) is 185 cm³/mol. The van der Waals surface area contributed by atoms with E-state index in [1.54, 1.807) is 24.5 Å². The SMILES string of the molecule is CC(C)c1noc(N2CCC([C@H](C)CCOc3cnc(N4C[C@H](N)[C@@H](N5CC(F)(F)CCC5=O)C4)nc3)CC2)n1.Cc1ccc(S(=O)(=O)O)cc1. The molecule has 3 aromatic rings. The van der Waals surface area contributed by atoms with Gasteiger partial charge in [-0.15, -0.1) is 0 Å². The van der Waals surface area contributed by atoms with Gasteiger partial charge >= 0.3 is 6.01 Å². The van der Waals surface area contributed by atoms with Crippen LogP contribution >= 0.6 is 0 Å². The van der Waals surface area contributed by atoms with E-state index in [1.807, 2.05) is 11.8 Å². The van der Waals surface area contributed by atoms with Crippen molar-refractivity contribution < 1.29 is 35.8 Å². The molecule has 6 rings (SSSR count). The van der Waals surface area contributed by atoms with E-state index < -0.39 is 41.1 Å². The van der Waals surface area contributed by atoms with Crippen LogP contribution < -0.4 is 20.3 Å². The number of aromatic nitrogens is 4. The normalized spacial score (nSPS) is 21.8. The zero-order chi connectivity index (χ0) is 36.9. The van der Waals surface area contributed by atoms with Crippen LogP contribution in [0.5, 0.6) is 5.75 Å². The van der Waals surface area contributed by atoms with Crippen molar-refractivity contribution >= 4 is 28.0 Å². The Labute approximate surface area is 297 Å². The maximum atomic E-state index is 13.9. The molecule has 51 heavy (non-hydrogen) atoms. The number of anilines is 2. The molecule has 2 aromatic heterocycles. The van der Waals surface area contributed by atoms with Crippen molar-refractivity contribution in [3.8, 4) is 5.75 Å². The Hall–Kier alpha value is -3.96. The van der Waals surface area contributed by atoms with E-state index in [-0.39, 0.29) is 23.1 Å². The van der Waals surface area contributed by atoms with Crippen LogP contribution in [0.3, 0.4) is 0 Å². The van der Waals surface area contributed by atoms with Gasteiger partial charge in [0.15, 0.2) is 11.6 Å². The monoisotopic (exact) mass is 734 g/mol. The van der Waals surface area contributed by atoms with E-state index in [1.165, 1.54) is 17.0 Å². The second-order valence-corrected chi connectivity index (χ2v) is 15.5. The van der Waals surface area contributed by atoms with Gasteiger partial charge in [-0.05, 0) is 50.2 Å². The van der Waals surface area contributed by atoms with Gasteiger partial charge in [0, 0.05) is 51.0 Å². The van der Waals surface area contributed by atoms with Crippen LogP contribution in [0.25, 0.3) is 0 Å². The summed E-state index contributed by atoms with van der Waals surface area (Å²) in [6.07, 6.45) is 5.74. The number of likely N-dealkylation sites (tertiary alicyclic amines) is 1. The number of amides is 1. The summed E-state index contributed by atoms with van der Waals surface area (Å²) in [5, 5.41) is 4.07. The summed E-state index contributed by atoms with van der Waals surface area (Å²) >= 11 is 0. The van der Waals surface area contributed by atoms with Crippen molar-refractivity contribution in [2.75, 3.05) is 49.1 Å². The Balaban J connectivity index is 0.000000392. The number of alkyl halides is 2. The molecular weight excluding hydrogens is 686 g/mol. The highest BCUT2D eigenvalue weighted by Crippen LogP contribution is 2.32. The number of nitrogens with zero attached hydrogens (tertiary/aromatic N) is 7. The first-order chi connectivity index (χ1) is 24.1. The molecule has 0 bridgehead atoms. The van der Waals surface area contributed by atoms with Gasteiger partial charge in [0.25, 0.3) is 16.0 Å². The third-order valence-corrected chi connectivity index (χ3v) is 10.6. The molecule has 3 atom stereocenters. The lowest BCUT2D eigenvalue weighted by Gasteiger charge is -2.37. The number of ether oxygens (including phenoxy) is 1. The molecule has 1 aromatic carbocycles. The van der Waals surface area contributed by atoms with Gasteiger partial charge in [-0.3, -0.25) is 9.35 Å². The average molecular weight is 735 g/mol. The molecule has 0 aliphatic carbocycles. The Bertz CT molecular complexity index is 1700. The van der Waals surface area contributed by atoms with Crippen molar-refractivity contribution in [1.82, 2.24) is 25.0 Å². The average Bonchev–Trinajstić information content (AvgIpc) is 3.74. The topological polar surface area (TPSA) is 181 Å². The van der Waals surface area contributed by atoms with Gasteiger partial charge < -0.3 is 29.7 Å². The van der Waals surface area contributed by atoms with E-state index in [4.69, 9.17) is 19.5 Å². The molecular formula is C34H48F2N8O6S. The van der Waals surface area contributed by atoms with E-state index in [9.17, 15) is 22.0 Å². The first-order valence-electron chi connectivity index (χ1n) is 17.3. The highest BCUT2D eigenvalue weighted by atomic mass is 32.2. The maximum Gasteiger partial charge on any atom is 0.324 e. The van der Waals surface area contributed by atoms with Crippen molar-refractivity contribution in [2.24, 2.45) is 17.6 Å². The number of benzene rings is 1. The lowest BCUT2D eigenvalue weighted by molar-refractivity contribution is -0.150. The zero-order valence-corrected chi connectivity index (χ0v) is 30.3. The lowest BCUT2D eigenvalue weighted by Crippen LogP contribution is -2.56. The number of halogens is 2. The van der Waals surface area contributed by atoms with Crippen molar-refractivity contribution in [3.05, 3.63) is 48.0 Å². The number of nitrogens with two attached hydrogens (primary N) is 1. The van der Waals surface area contributed by atoms with E-state index in [0.29, 0.717) is 49.2 Å². The minimum Gasteiger partial charge on any atom is -0.490 e. The zero-order valence-electron chi connectivity index (χ0n) is 29.5. The minimum absolute atomic E-state index is 0.0666. The number of carbonyl (C=O) groups is 1. The van der Waals surface area contributed by atoms with Crippen molar-refractivity contribution in [3.63, 3.8) is 0 Å². The molecule has 0 radical (unpaired) electrons. The first kappa shape index (κ1) is 38.3. The quantitative estimate of drug-likeness (QED) is 0.282. The fraction of sp³-hybridized carbons (Fsp3) is 0.618. The van der Waals surface area contributed by atoms with Gasteiger partial charge in [0.1, 0.15) is 0 Å². The molecule has 280 valence electrons. The summed E-state index contributed by atoms with van der Waals surface area (Å²) in [4.78, 5) is 30.8. The summed E-state index contributed by atoms with van der Waals surface area (Å²) in [6, 6.07) is 5.67.